The molecule has 1 heterocycles. The second-order valence-corrected chi connectivity index (χ2v) is 8.34. The summed E-state index contributed by atoms with van der Waals surface area (Å²) in [6, 6.07) is -0.177. The Labute approximate surface area is 122 Å². The summed E-state index contributed by atoms with van der Waals surface area (Å²) in [6.45, 7) is 8.51. The Morgan fingerprint density at radius 3 is 2.50 bits per heavy atom. The smallest absolute Gasteiger partial charge is 0.314 e. The van der Waals surface area contributed by atoms with Crippen molar-refractivity contribution in [2.45, 2.75) is 33.6 Å². The number of nitrogens with zero attached hydrogens (tertiary/aromatic N) is 1. The summed E-state index contributed by atoms with van der Waals surface area (Å²) in [6.07, 6.45) is 3.02. The Balaban J connectivity index is 2.26. The molecule has 0 aromatic rings. The molecule has 1 saturated heterocycles. The number of carbonyl (C=O) groups excluding carboxylic acids is 1. The van der Waals surface area contributed by atoms with E-state index in [1.807, 2.05) is 0 Å². The minimum atomic E-state index is -3.10. The van der Waals surface area contributed by atoms with Crippen molar-refractivity contribution in [2.24, 2.45) is 11.3 Å². The molecule has 0 aromatic carbocycles. The number of urea groups is 1. The first-order valence-corrected chi connectivity index (χ1v) is 8.96. The maximum absolute atomic E-state index is 11.7. The summed E-state index contributed by atoms with van der Waals surface area (Å²) in [5, 5.41) is 5.68. The maximum atomic E-state index is 11.7. The first kappa shape index (κ1) is 17.2. The zero-order chi connectivity index (χ0) is 15.4. The number of nitrogens with one attached hydrogen (secondary N) is 2. The molecule has 1 aliphatic rings. The molecular weight excluding hydrogens is 278 g/mol. The van der Waals surface area contributed by atoms with E-state index >= 15 is 0 Å². The highest BCUT2D eigenvalue weighted by atomic mass is 32.2. The van der Waals surface area contributed by atoms with Gasteiger partial charge in [0.2, 0.25) is 10.0 Å². The largest absolute Gasteiger partial charge is 0.338 e. The molecule has 0 saturated carbocycles. The molecule has 1 aliphatic heterocycles. The standard InChI is InChI=1S/C13H27N3O3S/c1-5-13(2,3)10-15-12(17)14-8-11-6-7-16(9-11)20(4,18)19/h11H,5-10H2,1-4H3,(H2,14,15,17). The van der Waals surface area contributed by atoms with Gasteiger partial charge >= 0.3 is 6.03 Å². The quantitative estimate of drug-likeness (QED) is 0.768. The molecular formula is C13H27N3O3S. The Hall–Kier alpha value is -0.820. The number of amides is 2. The van der Waals surface area contributed by atoms with Crippen molar-refractivity contribution >= 4 is 16.1 Å². The molecule has 1 unspecified atom stereocenters. The van der Waals surface area contributed by atoms with Gasteiger partial charge in [0, 0.05) is 26.2 Å². The van der Waals surface area contributed by atoms with Crippen LogP contribution in [0.5, 0.6) is 0 Å². The van der Waals surface area contributed by atoms with Crippen LogP contribution in [-0.4, -0.2) is 51.2 Å². The third-order valence-electron chi connectivity index (χ3n) is 3.95. The van der Waals surface area contributed by atoms with Crippen molar-refractivity contribution in [1.82, 2.24) is 14.9 Å². The van der Waals surface area contributed by atoms with Crippen molar-refractivity contribution in [3.63, 3.8) is 0 Å². The highest BCUT2D eigenvalue weighted by Gasteiger charge is 2.28. The van der Waals surface area contributed by atoms with Crippen LogP contribution in [0.1, 0.15) is 33.6 Å². The summed E-state index contributed by atoms with van der Waals surface area (Å²) in [5.41, 5.74) is 0.0950. The third kappa shape index (κ3) is 5.66. The molecule has 20 heavy (non-hydrogen) atoms. The topological polar surface area (TPSA) is 78.5 Å². The lowest BCUT2D eigenvalue weighted by Crippen LogP contribution is -2.42. The average Bonchev–Trinajstić information content (AvgIpc) is 2.82. The molecule has 0 spiro atoms. The zero-order valence-electron chi connectivity index (χ0n) is 12.9. The lowest BCUT2D eigenvalue weighted by Gasteiger charge is -2.23. The van der Waals surface area contributed by atoms with E-state index in [0.717, 1.165) is 12.8 Å². The van der Waals surface area contributed by atoms with E-state index < -0.39 is 10.0 Å². The van der Waals surface area contributed by atoms with E-state index in [1.165, 1.54) is 10.6 Å². The highest BCUT2D eigenvalue weighted by molar-refractivity contribution is 7.88. The first-order chi connectivity index (χ1) is 9.14. The molecule has 7 heteroatoms. The van der Waals surface area contributed by atoms with Crippen LogP contribution in [0.2, 0.25) is 0 Å². The van der Waals surface area contributed by atoms with Gasteiger partial charge in [-0.3, -0.25) is 0 Å². The predicted octanol–water partition coefficient (Wildman–Crippen LogP) is 1.00. The fourth-order valence-corrected chi connectivity index (χ4v) is 2.93. The van der Waals surface area contributed by atoms with Gasteiger partial charge in [-0.2, -0.15) is 0 Å². The van der Waals surface area contributed by atoms with E-state index in [9.17, 15) is 13.2 Å². The molecule has 0 aliphatic carbocycles. The van der Waals surface area contributed by atoms with E-state index in [-0.39, 0.29) is 17.4 Å². The van der Waals surface area contributed by atoms with Crippen molar-refractivity contribution < 1.29 is 13.2 Å². The van der Waals surface area contributed by atoms with Gasteiger partial charge in [0.15, 0.2) is 0 Å². The molecule has 0 radical (unpaired) electrons. The van der Waals surface area contributed by atoms with Crippen molar-refractivity contribution in [1.29, 1.82) is 0 Å². The summed E-state index contributed by atoms with van der Waals surface area (Å²) in [7, 11) is -3.10. The Kier molecular flexibility index (Phi) is 5.82. The minimum Gasteiger partial charge on any atom is -0.338 e. The van der Waals surface area contributed by atoms with E-state index in [4.69, 9.17) is 0 Å². The molecule has 0 bridgehead atoms. The molecule has 2 amide bonds. The Morgan fingerprint density at radius 2 is 2.00 bits per heavy atom. The van der Waals surface area contributed by atoms with Crippen LogP contribution in [0.15, 0.2) is 0 Å². The van der Waals surface area contributed by atoms with Gasteiger partial charge in [-0.1, -0.05) is 20.8 Å². The summed E-state index contributed by atoms with van der Waals surface area (Å²) in [4.78, 5) is 11.7. The lowest BCUT2D eigenvalue weighted by atomic mass is 9.90. The fourth-order valence-electron chi connectivity index (χ4n) is 2.01. The second kappa shape index (κ2) is 6.76. The van der Waals surface area contributed by atoms with E-state index in [1.54, 1.807) is 0 Å². The van der Waals surface area contributed by atoms with Crippen molar-refractivity contribution in [3.8, 4) is 0 Å². The van der Waals surface area contributed by atoms with Crippen LogP contribution < -0.4 is 10.6 Å². The van der Waals surface area contributed by atoms with Gasteiger partial charge in [-0.25, -0.2) is 17.5 Å². The fraction of sp³-hybridized carbons (Fsp3) is 0.923. The predicted molar refractivity (Wildman–Crippen MR) is 80.0 cm³/mol. The minimum absolute atomic E-state index is 0.0950. The van der Waals surface area contributed by atoms with Crippen LogP contribution in [0, 0.1) is 11.3 Å². The number of hydrogen-bond acceptors (Lipinski definition) is 3. The molecule has 1 rings (SSSR count). The Bertz CT molecular complexity index is 434. The molecule has 0 aromatic heterocycles. The number of sulfonamides is 1. The SMILES string of the molecule is CCC(C)(C)CNC(=O)NCC1CCN(S(C)(=O)=O)C1. The summed E-state index contributed by atoms with van der Waals surface area (Å²) >= 11 is 0. The number of hydrogen-bond donors (Lipinski definition) is 2. The van der Waals surface area contributed by atoms with Crippen LogP contribution in [0.25, 0.3) is 0 Å². The number of rotatable bonds is 6. The first-order valence-electron chi connectivity index (χ1n) is 7.11. The summed E-state index contributed by atoms with van der Waals surface area (Å²) < 4.78 is 24.2. The maximum Gasteiger partial charge on any atom is 0.314 e. The van der Waals surface area contributed by atoms with E-state index in [0.29, 0.717) is 26.2 Å². The summed E-state index contributed by atoms with van der Waals surface area (Å²) in [5.74, 6) is 0.203. The van der Waals surface area contributed by atoms with Gasteiger partial charge in [-0.15, -0.1) is 0 Å². The van der Waals surface area contributed by atoms with E-state index in [2.05, 4.69) is 31.4 Å². The van der Waals surface area contributed by atoms with Gasteiger partial charge in [0.1, 0.15) is 0 Å². The van der Waals surface area contributed by atoms with Gasteiger partial charge < -0.3 is 10.6 Å². The van der Waals surface area contributed by atoms with Gasteiger partial charge in [0.25, 0.3) is 0 Å². The number of carbonyl (C=O) groups is 1. The Morgan fingerprint density at radius 1 is 1.35 bits per heavy atom. The molecule has 2 N–H and O–H groups in total. The van der Waals surface area contributed by atoms with Crippen molar-refractivity contribution in [2.75, 3.05) is 32.4 Å². The second-order valence-electron chi connectivity index (χ2n) is 6.36. The van der Waals surface area contributed by atoms with Crippen molar-refractivity contribution in [3.05, 3.63) is 0 Å². The average molecular weight is 305 g/mol. The van der Waals surface area contributed by atoms with Crippen LogP contribution in [0.4, 0.5) is 4.79 Å². The molecule has 1 atom stereocenters. The van der Waals surface area contributed by atoms with Gasteiger partial charge in [0.05, 0.1) is 6.26 Å². The highest BCUT2D eigenvalue weighted by Crippen LogP contribution is 2.18. The normalized spacial score (nSPS) is 20.9. The zero-order valence-corrected chi connectivity index (χ0v) is 13.7. The lowest BCUT2D eigenvalue weighted by molar-refractivity contribution is 0.231. The van der Waals surface area contributed by atoms with Crippen LogP contribution in [-0.2, 0) is 10.0 Å². The monoisotopic (exact) mass is 305 g/mol. The third-order valence-corrected chi connectivity index (χ3v) is 5.22. The molecule has 1 fully saturated rings. The molecule has 6 nitrogen and oxygen atoms in total. The van der Waals surface area contributed by atoms with Crippen LogP contribution >= 0.6 is 0 Å². The molecule has 118 valence electrons. The van der Waals surface area contributed by atoms with Gasteiger partial charge in [-0.05, 0) is 24.2 Å². The van der Waals surface area contributed by atoms with Crippen LogP contribution in [0.3, 0.4) is 0 Å².